The van der Waals surface area contributed by atoms with E-state index < -0.39 is 6.10 Å². The molecule has 44 valence electrons. The first kappa shape index (κ1) is 5.44. The van der Waals surface area contributed by atoms with Crippen LogP contribution in [-0.4, -0.2) is 24.8 Å². The van der Waals surface area contributed by atoms with Gasteiger partial charge in [0, 0.05) is 13.5 Å². The van der Waals surface area contributed by atoms with Gasteiger partial charge in [-0.1, -0.05) is 0 Å². The molecule has 3 heteroatoms. The van der Waals surface area contributed by atoms with Crippen LogP contribution in [0.25, 0.3) is 0 Å². The smallest absolute Gasteiger partial charge is 0.227 e. The summed E-state index contributed by atoms with van der Waals surface area (Å²) in [6.45, 7) is 0. The van der Waals surface area contributed by atoms with E-state index in [4.69, 9.17) is 0 Å². The normalized spacial score (nSPS) is 27.9. The zero-order chi connectivity index (χ0) is 6.15. The summed E-state index contributed by atoms with van der Waals surface area (Å²) >= 11 is 0. The molecule has 8 heavy (non-hydrogen) atoms. The third kappa shape index (κ3) is 0.554. The van der Waals surface area contributed by atoms with Gasteiger partial charge in [-0.05, 0) is 0 Å². The third-order valence-electron chi connectivity index (χ3n) is 1.22. The van der Waals surface area contributed by atoms with Crippen molar-refractivity contribution in [1.82, 2.24) is 0 Å². The molecule has 1 rings (SSSR count). The molecule has 1 fully saturated rings. The molecule has 0 bridgehead atoms. The van der Waals surface area contributed by atoms with E-state index in [0.717, 1.165) is 0 Å². The molecule has 1 aliphatic carbocycles. The van der Waals surface area contributed by atoms with E-state index in [-0.39, 0.29) is 18.0 Å². The Kier molecular flexibility index (Phi) is 1.13. The van der Waals surface area contributed by atoms with Crippen molar-refractivity contribution in [2.24, 2.45) is 0 Å². The third-order valence-corrected chi connectivity index (χ3v) is 1.22. The highest BCUT2D eigenvalue weighted by Gasteiger charge is 2.37. The van der Waals surface area contributed by atoms with E-state index in [1.165, 1.54) is 7.11 Å². The number of carbonyl (C=O) groups is 2. The first-order valence-electron chi connectivity index (χ1n) is 2.35. The van der Waals surface area contributed by atoms with Crippen LogP contribution in [0.15, 0.2) is 0 Å². The highest BCUT2D eigenvalue weighted by molar-refractivity contribution is 6.45. The summed E-state index contributed by atoms with van der Waals surface area (Å²) in [6, 6.07) is 0. The largest absolute Gasteiger partial charge is 0.373 e. The Balaban J connectivity index is 2.48. The fourth-order valence-corrected chi connectivity index (χ4v) is 0.601. The predicted molar refractivity (Wildman–Crippen MR) is 25.4 cm³/mol. The molecular weight excluding hydrogens is 108 g/mol. The topological polar surface area (TPSA) is 43.4 Å². The van der Waals surface area contributed by atoms with Gasteiger partial charge >= 0.3 is 0 Å². The predicted octanol–water partition coefficient (Wildman–Crippen LogP) is -0.457. The van der Waals surface area contributed by atoms with E-state index in [9.17, 15) is 9.59 Å². The van der Waals surface area contributed by atoms with Gasteiger partial charge in [0.05, 0.1) is 0 Å². The van der Waals surface area contributed by atoms with Gasteiger partial charge in [0.1, 0.15) is 6.10 Å². The quantitative estimate of drug-likeness (QED) is 0.433. The molecule has 1 aliphatic rings. The summed E-state index contributed by atoms with van der Waals surface area (Å²) in [4.78, 5) is 20.5. The Labute approximate surface area is 46.6 Å². The highest BCUT2D eigenvalue weighted by Crippen LogP contribution is 2.12. The lowest BCUT2D eigenvalue weighted by molar-refractivity contribution is -0.153. The average molecular weight is 114 g/mol. The summed E-state index contributed by atoms with van der Waals surface area (Å²) in [6.07, 6.45) is -0.155. The van der Waals surface area contributed by atoms with Gasteiger partial charge in [-0.25, -0.2) is 0 Å². The van der Waals surface area contributed by atoms with Crippen molar-refractivity contribution < 1.29 is 14.3 Å². The van der Waals surface area contributed by atoms with Crippen molar-refractivity contribution >= 4 is 11.6 Å². The van der Waals surface area contributed by atoms with Crippen LogP contribution in [-0.2, 0) is 14.3 Å². The summed E-state index contributed by atoms with van der Waals surface area (Å²) in [5.74, 6) is -0.690. The number of ether oxygens (including phenoxy) is 1. The van der Waals surface area contributed by atoms with E-state index >= 15 is 0 Å². The van der Waals surface area contributed by atoms with E-state index in [1.54, 1.807) is 0 Å². The molecule has 0 N–H and O–H groups in total. The Hall–Kier alpha value is -0.700. The summed E-state index contributed by atoms with van der Waals surface area (Å²) in [5, 5.41) is 0. The first-order chi connectivity index (χ1) is 3.75. The molecule has 0 aromatic heterocycles. The standard InChI is InChI=1S/C5H6O3/c1-8-4-2-3(6)5(4)7/h4H,2H2,1H3. The van der Waals surface area contributed by atoms with Crippen molar-refractivity contribution in [2.45, 2.75) is 12.5 Å². The maximum Gasteiger partial charge on any atom is 0.227 e. The Morgan fingerprint density at radius 1 is 1.62 bits per heavy atom. The number of rotatable bonds is 1. The van der Waals surface area contributed by atoms with Crippen LogP contribution in [0.5, 0.6) is 0 Å². The van der Waals surface area contributed by atoms with Crippen LogP contribution in [0.1, 0.15) is 6.42 Å². The molecule has 0 saturated heterocycles. The van der Waals surface area contributed by atoms with Crippen molar-refractivity contribution in [3.05, 3.63) is 0 Å². The van der Waals surface area contributed by atoms with Gasteiger partial charge in [-0.2, -0.15) is 0 Å². The molecule has 0 amide bonds. The van der Waals surface area contributed by atoms with Crippen molar-refractivity contribution in [1.29, 1.82) is 0 Å². The number of Topliss-reactive ketones (excluding diaryl/α,β-unsaturated/α-hetero) is 2. The van der Waals surface area contributed by atoms with Crippen molar-refractivity contribution in [3.63, 3.8) is 0 Å². The maximum atomic E-state index is 10.3. The fraction of sp³-hybridized carbons (Fsp3) is 0.600. The molecule has 0 aromatic carbocycles. The Bertz CT molecular complexity index is 139. The van der Waals surface area contributed by atoms with E-state index in [0.29, 0.717) is 0 Å². The molecule has 1 unspecified atom stereocenters. The average Bonchev–Trinajstić information content (AvgIpc) is 1.81. The molecular formula is C5H6O3. The maximum absolute atomic E-state index is 10.3. The zero-order valence-electron chi connectivity index (χ0n) is 4.51. The number of methoxy groups -OCH3 is 1. The second-order valence-electron chi connectivity index (χ2n) is 1.72. The lowest BCUT2D eigenvalue weighted by Gasteiger charge is -2.19. The summed E-state index contributed by atoms with van der Waals surface area (Å²) in [5.41, 5.74) is 0. The fourth-order valence-electron chi connectivity index (χ4n) is 0.601. The van der Waals surface area contributed by atoms with Crippen LogP contribution in [0.2, 0.25) is 0 Å². The van der Waals surface area contributed by atoms with Crippen LogP contribution in [0.3, 0.4) is 0 Å². The summed E-state index contributed by atoms with van der Waals surface area (Å²) in [7, 11) is 1.43. The highest BCUT2D eigenvalue weighted by atomic mass is 16.5. The molecule has 0 aliphatic heterocycles. The number of carbonyl (C=O) groups excluding carboxylic acids is 2. The van der Waals surface area contributed by atoms with Crippen LogP contribution in [0, 0.1) is 0 Å². The Morgan fingerprint density at radius 2 is 2.25 bits per heavy atom. The van der Waals surface area contributed by atoms with Gasteiger partial charge < -0.3 is 4.74 Å². The van der Waals surface area contributed by atoms with Gasteiger partial charge in [-0.15, -0.1) is 0 Å². The van der Waals surface area contributed by atoms with Crippen LogP contribution in [0.4, 0.5) is 0 Å². The zero-order valence-corrected chi connectivity index (χ0v) is 4.51. The second-order valence-corrected chi connectivity index (χ2v) is 1.72. The summed E-state index contributed by atoms with van der Waals surface area (Å²) < 4.78 is 4.60. The number of hydrogen-bond acceptors (Lipinski definition) is 3. The van der Waals surface area contributed by atoms with Crippen molar-refractivity contribution in [2.75, 3.05) is 7.11 Å². The minimum absolute atomic E-state index is 0.273. The number of ketones is 2. The molecule has 1 atom stereocenters. The minimum Gasteiger partial charge on any atom is -0.373 e. The Morgan fingerprint density at radius 3 is 2.38 bits per heavy atom. The van der Waals surface area contributed by atoms with E-state index in [1.807, 2.05) is 0 Å². The first-order valence-corrected chi connectivity index (χ1v) is 2.35. The number of hydrogen-bond donors (Lipinski definition) is 0. The van der Waals surface area contributed by atoms with Crippen LogP contribution >= 0.6 is 0 Å². The second kappa shape index (κ2) is 1.67. The molecule has 0 radical (unpaired) electrons. The monoisotopic (exact) mass is 114 g/mol. The lowest BCUT2D eigenvalue weighted by Crippen LogP contribution is -2.43. The molecule has 1 saturated carbocycles. The van der Waals surface area contributed by atoms with Gasteiger partial charge in [0.2, 0.25) is 11.6 Å². The van der Waals surface area contributed by atoms with Gasteiger partial charge in [0.25, 0.3) is 0 Å². The van der Waals surface area contributed by atoms with E-state index in [2.05, 4.69) is 4.74 Å². The molecule has 0 spiro atoms. The van der Waals surface area contributed by atoms with Gasteiger partial charge in [0.15, 0.2) is 0 Å². The molecule has 0 aromatic rings. The van der Waals surface area contributed by atoms with Crippen LogP contribution < -0.4 is 0 Å². The van der Waals surface area contributed by atoms with Gasteiger partial charge in [-0.3, -0.25) is 9.59 Å². The SMILES string of the molecule is COC1CC(=O)C1=O. The lowest BCUT2D eigenvalue weighted by atomic mass is 9.92. The molecule has 0 heterocycles. The molecule has 3 nitrogen and oxygen atoms in total. The van der Waals surface area contributed by atoms with Crippen molar-refractivity contribution in [3.8, 4) is 0 Å². The minimum atomic E-state index is -0.428.